The fourth-order valence-electron chi connectivity index (χ4n) is 2.46. The number of urea groups is 1. The number of carbonyl (C=O) groups excluding carboxylic acids is 1. The fourth-order valence-corrected chi connectivity index (χ4v) is 2.46. The van der Waals surface area contributed by atoms with Crippen LogP contribution in [0.3, 0.4) is 0 Å². The van der Waals surface area contributed by atoms with Gasteiger partial charge in [-0.05, 0) is 39.3 Å². The number of hydrogen-bond donors (Lipinski definition) is 3. The SMILES string of the molecule is Cc1nn(-c2ccccc2)c(C)c1CNC(=O)N[C@H](C)CCO. The summed E-state index contributed by atoms with van der Waals surface area (Å²) < 4.78 is 1.89. The van der Waals surface area contributed by atoms with Crippen LogP contribution in [0.4, 0.5) is 4.79 Å². The molecule has 23 heavy (non-hydrogen) atoms. The van der Waals surface area contributed by atoms with E-state index < -0.39 is 0 Å². The van der Waals surface area contributed by atoms with Crippen LogP contribution in [0, 0.1) is 13.8 Å². The molecule has 1 heterocycles. The molecule has 1 aromatic carbocycles. The van der Waals surface area contributed by atoms with Gasteiger partial charge in [-0.2, -0.15) is 5.10 Å². The monoisotopic (exact) mass is 316 g/mol. The molecular weight excluding hydrogens is 292 g/mol. The number of aryl methyl sites for hydroxylation is 1. The largest absolute Gasteiger partial charge is 0.396 e. The third-order valence-electron chi connectivity index (χ3n) is 3.81. The molecule has 0 spiro atoms. The van der Waals surface area contributed by atoms with Gasteiger partial charge in [0.2, 0.25) is 0 Å². The first-order valence-corrected chi connectivity index (χ1v) is 7.78. The summed E-state index contributed by atoms with van der Waals surface area (Å²) in [6.07, 6.45) is 0.539. The van der Waals surface area contributed by atoms with Crippen molar-refractivity contribution in [2.24, 2.45) is 0 Å². The summed E-state index contributed by atoms with van der Waals surface area (Å²) in [5.74, 6) is 0. The normalized spacial score (nSPS) is 12.0. The quantitative estimate of drug-likeness (QED) is 0.763. The highest BCUT2D eigenvalue weighted by Gasteiger charge is 2.14. The highest BCUT2D eigenvalue weighted by atomic mass is 16.3. The van der Waals surface area contributed by atoms with E-state index >= 15 is 0 Å². The van der Waals surface area contributed by atoms with E-state index in [9.17, 15) is 4.79 Å². The predicted molar refractivity (Wildman–Crippen MR) is 89.6 cm³/mol. The van der Waals surface area contributed by atoms with Crippen LogP contribution in [-0.4, -0.2) is 33.6 Å². The van der Waals surface area contributed by atoms with Crippen LogP contribution in [0.15, 0.2) is 30.3 Å². The van der Waals surface area contributed by atoms with Crippen LogP contribution in [0.25, 0.3) is 5.69 Å². The smallest absolute Gasteiger partial charge is 0.315 e. The highest BCUT2D eigenvalue weighted by molar-refractivity contribution is 5.74. The van der Waals surface area contributed by atoms with Gasteiger partial charge in [0.25, 0.3) is 0 Å². The van der Waals surface area contributed by atoms with Crippen molar-refractivity contribution in [2.75, 3.05) is 6.61 Å². The van der Waals surface area contributed by atoms with Crippen molar-refractivity contribution < 1.29 is 9.90 Å². The molecule has 2 aromatic rings. The van der Waals surface area contributed by atoms with Gasteiger partial charge in [-0.25, -0.2) is 9.48 Å². The third kappa shape index (κ3) is 4.32. The first-order chi connectivity index (χ1) is 11.0. The van der Waals surface area contributed by atoms with Crippen LogP contribution in [0.1, 0.15) is 30.3 Å². The Kier molecular flexibility index (Phi) is 5.76. The predicted octanol–water partition coefficient (Wildman–Crippen LogP) is 2.06. The molecule has 0 bridgehead atoms. The van der Waals surface area contributed by atoms with Crippen LogP contribution >= 0.6 is 0 Å². The van der Waals surface area contributed by atoms with Crippen LogP contribution < -0.4 is 10.6 Å². The molecule has 0 saturated carbocycles. The van der Waals surface area contributed by atoms with Crippen molar-refractivity contribution >= 4 is 6.03 Å². The van der Waals surface area contributed by atoms with Crippen molar-refractivity contribution in [1.82, 2.24) is 20.4 Å². The molecule has 3 N–H and O–H groups in total. The molecule has 6 nitrogen and oxygen atoms in total. The number of nitrogens with one attached hydrogen (secondary N) is 2. The molecular formula is C17H24N4O2. The van der Waals surface area contributed by atoms with Crippen molar-refractivity contribution in [3.63, 3.8) is 0 Å². The topological polar surface area (TPSA) is 79.2 Å². The summed E-state index contributed by atoms with van der Waals surface area (Å²) >= 11 is 0. The number of aliphatic hydroxyl groups is 1. The molecule has 0 saturated heterocycles. The Hall–Kier alpha value is -2.34. The minimum Gasteiger partial charge on any atom is -0.396 e. The number of para-hydroxylation sites is 1. The second-order valence-corrected chi connectivity index (χ2v) is 5.64. The molecule has 0 radical (unpaired) electrons. The lowest BCUT2D eigenvalue weighted by molar-refractivity contribution is 0.230. The average Bonchev–Trinajstić information content (AvgIpc) is 2.81. The second-order valence-electron chi connectivity index (χ2n) is 5.64. The summed E-state index contributed by atoms with van der Waals surface area (Å²) in [5, 5.41) is 19.1. The number of hydrogen-bond acceptors (Lipinski definition) is 3. The van der Waals surface area contributed by atoms with E-state index in [-0.39, 0.29) is 18.7 Å². The zero-order chi connectivity index (χ0) is 16.8. The average molecular weight is 316 g/mol. The maximum atomic E-state index is 11.9. The van der Waals surface area contributed by atoms with Gasteiger partial charge < -0.3 is 15.7 Å². The number of aliphatic hydroxyl groups excluding tert-OH is 1. The minimum atomic E-state index is -0.239. The Labute approximate surface area is 136 Å². The van der Waals surface area contributed by atoms with Gasteiger partial charge in [-0.15, -0.1) is 0 Å². The first-order valence-electron chi connectivity index (χ1n) is 7.78. The molecule has 0 unspecified atom stereocenters. The Bertz CT molecular complexity index is 652. The van der Waals surface area contributed by atoms with Crippen molar-refractivity contribution in [3.8, 4) is 5.69 Å². The van der Waals surface area contributed by atoms with Gasteiger partial charge in [0.15, 0.2) is 0 Å². The lowest BCUT2D eigenvalue weighted by Crippen LogP contribution is -2.40. The van der Waals surface area contributed by atoms with E-state index in [0.717, 1.165) is 22.6 Å². The summed E-state index contributed by atoms with van der Waals surface area (Å²) in [6, 6.07) is 9.61. The zero-order valence-electron chi connectivity index (χ0n) is 13.8. The number of rotatable bonds is 6. The van der Waals surface area contributed by atoms with E-state index in [4.69, 9.17) is 5.11 Å². The van der Waals surface area contributed by atoms with E-state index in [2.05, 4.69) is 15.7 Å². The Morgan fingerprint density at radius 2 is 2.00 bits per heavy atom. The number of aromatic nitrogens is 2. The third-order valence-corrected chi connectivity index (χ3v) is 3.81. The van der Waals surface area contributed by atoms with Gasteiger partial charge >= 0.3 is 6.03 Å². The molecule has 0 fully saturated rings. The molecule has 1 aromatic heterocycles. The van der Waals surface area contributed by atoms with Gasteiger partial charge in [0.1, 0.15) is 0 Å². The molecule has 0 aliphatic heterocycles. The van der Waals surface area contributed by atoms with Crippen molar-refractivity contribution in [3.05, 3.63) is 47.3 Å². The maximum absolute atomic E-state index is 11.9. The summed E-state index contributed by atoms with van der Waals surface area (Å²) in [4.78, 5) is 11.9. The number of nitrogens with zero attached hydrogens (tertiary/aromatic N) is 2. The van der Waals surface area contributed by atoms with Gasteiger partial charge in [-0.1, -0.05) is 18.2 Å². The maximum Gasteiger partial charge on any atom is 0.315 e. The lowest BCUT2D eigenvalue weighted by atomic mass is 10.2. The number of benzene rings is 1. The van der Waals surface area contributed by atoms with E-state index in [1.54, 1.807) is 0 Å². The molecule has 2 rings (SSSR count). The number of carbonyl (C=O) groups is 1. The molecule has 2 amide bonds. The van der Waals surface area contributed by atoms with E-state index in [1.807, 2.05) is 55.8 Å². The van der Waals surface area contributed by atoms with Crippen molar-refractivity contribution in [1.29, 1.82) is 0 Å². The molecule has 6 heteroatoms. The summed E-state index contributed by atoms with van der Waals surface area (Å²) in [7, 11) is 0. The second kappa shape index (κ2) is 7.78. The Balaban J connectivity index is 2.04. The number of amides is 2. The molecule has 1 atom stereocenters. The molecule has 124 valence electrons. The first kappa shape index (κ1) is 17.0. The van der Waals surface area contributed by atoms with E-state index in [1.165, 1.54) is 0 Å². The Morgan fingerprint density at radius 1 is 1.30 bits per heavy atom. The highest BCUT2D eigenvalue weighted by Crippen LogP contribution is 2.17. The summed E-state index contributed by atoms with van der Waals surface area (Å²) in [5.41, 5.74) is 3.92. The van der Waals surface area contributed by atoms with Crippen LogP contribution in [-0.2, 0) is 6.54 Å². The van der Waals surface area contributed by atoms with Crippen LogP contribution in [0.5, 0.6) is 0 Å². The van der Waals surface area contributed by atoms with Gasteiger partial charge in [-0.3, -0.25) is 0 Å². The zero-order valence-corrected chi connectivity index (χ0v) is 13.8. The van der Waals surface area contributed by atoms with Crippen LogP contribution in [0.2, 0.25) is 0 Å². The van der Waals surface area contributed by atoms with E-state index in [0.29, 0.717) is 13.0 Å². The minimum absolute atomic E-state index is 0.0590. The molecule has 0 aliphatic carbocycles. The van der Waals surface area contributed by atoms with Gasteiger partial charge in [0.05, 0.1) is 11.4 Å². The van der Waals surface area contributed by atoms with Crippen molar-refractivity contribution in [2.45, 2.75) is 39.8 Å². The Morgan fingerprint density at radius 3 is 2.65 bits per heavy atom. The molecule has 0 aliphatic rings. The standard InChI is InChI=1S/C17H24N4O2/c1-12(9-10-22)19-17(23)18-11-16-13(2)20-21(14(16)3)15-7-5-4-6-8-15/h4-8,12,22H,9-11H2,1-3H3,(H2,18,19,23)/t12-/m1/s1. The fraction of sp³-hybridized carbons (Fsp3) is 0.412. The van der Waals surface area contributed by atoms with Gasteiger partial charge in [0, 0.05) is 30.5 Å². The lowest BCUT2D eigenvalue weighted by Gasteiger charge is -2.13. The summed E-state index contributed by atoms with van der Waals surface area (Å²) in [6.45, 7) is 6.28.